The van der Waals surface area contributed by atoms with Gasteiger partial charge in [-0.15, -0.1) is 16.8 Å². The Balaban J connectivity index is 1.54. The first-order chi connectivity index (χ1) is 14.2. The average Bonchev–Trinajstić information content (AvgIpc) is 3.13. The molecule has 150 valence electrons. The number of hydrogen-bond donors (Lipinski definition) is 2. The minimum Gasteiger partial charge on any atom is -0.507 e. The van der Waals surface area contributed by atoms with Crippen molar-refractivity contribution in [2.75, 3.05) is 18.9 Å². The van der Waals surface area contributed by atoms with Crippen LogP contribution in [-0.4, -0.2) is 44.7 Å². The van der Waals surface area contributed by atoms with Crippen LogP contribution in [0.5, 0.6) is 11.5 Å². The number of amides is 1. The third-order valence-electron chi connectivity index (χ3n) is 3.94. The third kappa shape index (κ3) is 5.61. The number of carbonyl (C=O) groups is 1. The molecule has 2 N–H and O–H groups in total. The SMILES string of the molecule is C=CCn1c(SCC(=O)NCCOc2ccccc2)nnc1-c1ccccc1O. The number of ether oxygens (including phenoxy) is 1. The Morgan fingerprint density at radius 2 is 1.93 bits per heavy atom. The molecule has 0 radical (unpaired) electrons. The van der Waals surface area contributed by atoms with Crippen molar-refractivity contribution in [1.82, 2.24) is 20.1 Å². The van der Waals surface area contributed by atoms with Gasteiger partial charge in [-0.2, -0.15) is 0 Å². The molecule has 3 aromatic rings. The maximum Gasteiger partial charge on any atom is 0.230 e. The van der Waals surface area contributed by atoms with E-state index < -0.39 is 0 Å². The number of carbonyl (C=O) groups excluding carboxylic acids is 1. The lowest BCUT2D eigenvalue weighted by Gasteiger charge is -2.09. The Bertz CT molecular complexity index is 960. The van der Waals surface area contributed by atoms with Crippen LogP contribution in [0, 0.1) is 0 Å². The van der Waals surface area contributed by atoms with Crippen molar-refractivity contribution < 1.29 is 14.6 Å². The van der Waals surface area contributed by atoms with Gasteiger partial charge in [0.25, 0.3) is 0 Å². The van der Waals surface area contributed by atoms with Crippen molar-refractivity contribution in [3.05, 3.63) is 67.3 Å². The summed E-state index contributed by atoms with van der Waals surface area (Å²) in [4.78, 5) is 12.1. The van der Waals surface area contributed by atoms with Crippen molar-refractivity contribution >= 4 is 17.7 Å². The van der Waals surface area contributed by atoms with Crippen molar-refractivity contribution in [3.8, 4) is 22.9 Å². The molecule has 0 unspecified atom stereocenters. The summed E-state index contributed by atoms with van der Waals surface area (Å²) in [7, 11) is 0. The van der Waals surface area contributed by atoms with Gasteiger partial charge in [-0.25, -0.2) is 0 Å². The number of thioether (sulfide) groups is 1. The molecule has 29 heavy (non-hydrogen) atoms. The number of rotatable bonds is 10. The normalized spacial score (nSPS) is 10.5. The van der Waals surface area contributed by atoms with Gasteiger partial charge in [-0.3, -0.25) is 9.36 Å². The number of nitrogens with one attached hydrogen (secondary N) is 1. The van der Waals surface area contributed by atoms with Gasteiger partial charge in [-0.1, -0.05) is 48.2 Å². The highest BCUT2D eigenvalue weighted by Gasteiger charge is 2.17. The molecule has 0 aliphatic rings. The number of phenolic OH excluding ortho intramolecular Hbond substituents is 1. The van der Waals surface area contributed by atoms with Gasteiger partial charge >= 0.3 is 0 Å². The number of nitrogens with zero attached hydrogens (tertiary/aromatic N) is 3. The molecular formula is C21H22N4O3S. The number of aromatic nitrogens is 3. The number of phenols is 1. The topological polar surface area (TPSA) is 89.3 Å². The third-order valence-corrected chi connectivity index (χ3v) is 4.91. The van der Waals surface area contributed by atoms with Gasteiger partial charge < -0.3 is 15.2 Å². The van der Waals surface area contributed by atoms with E-state index in [0.29, 0.717) is 36.2 Å². The van der Waals surface area contributed by atoms with Gasteiger partial charge in [0.2, 0.25) is 5.91 Å². The fourth-order valence-electron chi connectivity index (χ4n) is 2.61. The van der Waals surface area contributed by atoms with Crippen LogP contribution < -0.4 is 10.1 Å². The highest BCUT2D eigenvalue weighted by atomic mass is 32.2. The summed E-state index contributed by atoms with van der Waals surface area (Å²) in [6.45, 7) is 5.03. The number of benzene rings is 2. The first-order valence-electron chi connectivity index (χ1n) is 9.09. The Morgan fingerprint density at radius 3 is 2.69 bits per heavy atom. The van der Waals surface area contributed by atoms with Crippen molar-refractivity contribution in [3.63, 3.8) is 0 Å². The van der Waals surface area contributed by atoms with Crippen LogP contribution >= 0.6 is 11.8 Å². The largest absolute Gasteiger partial charge is 0.507 e. The van der Waals surface area contributed by atoms with Crippen LogP contribution in [0.15, 0.2) is 72.4 Å². The van der Waals surface area contributed by atoms with Crippen LogP contribution in [0.3, 0.4) is 0 Å². The van der Waals surface area contributed by atoms with Gasteiger partial charge in [0.1, 0.15) is 18.1 Å². The lowest BCUT2D eigenvalue weighted by Crippen LogP contribution is -2.29. The number of para-hydroxylation sites is 2. The lowest BCUT2D eigenvalue weighted by molar-refractivity contribution is -0.118. The van der Waals surface area contributed by atoms with Crippen molar-refractivity contribution in [2.24, 2.45) is 0 Å². The lowest BCUT2D eigenvalue weighted by atomic mass is 10.2. The molecule has 7 nitrogen and oxygen atoms in total. The Kier molecular flexibility index (Phi) is 7.29. The molecule has 0 atom stereocenters. The van der Waals surface area contributed by atoms with E-state index in [-0.39, 0.29) is 17.4 Å². The van der Waals surface area contributed by atoms with Crippen LogP contribution in [0.25, 0.3) is 11.4 Å². The van der Waals surface area contributed by atoms with E-state index in [1.807, 2.05) is 41.0 Å². The molecule has 1 aromatic heterocycles. The quantitative estimate of drug-likeness (QED) is 0.303. The monoisotopic (exact) mass is 410 g/mol. The van der Waals surface area contributed by atoms with E-state index in [0.717, 1.165) is 5.75 Å². The number of aromatic hydroxyl groups is 1. The maximum atomic E-state index is 12.1. The highest BCUT2D eigenvalue weighted by molar-refractivity contribution is 7.99. The number of hydrogen-bond acceptors (Lipinski definition) is 6. The maximum absolute atomic E-state index is 12.1. The molecule has 0 fully saturated rings. The number of allylic oxidation sites excluding steroid dienone is 1. The molecule has 0 spiro atoms. The summed E-state index contributed by atoms with van der Waals surface area (Å²) in [5.74, 6) is 1.50. The second-order valence-corrected chi connectivity index (χ2v) is 6.97. The van der Waals surface area contributed by atoms with Crippen molar-refractivity contribution in [2.45, 2.75) is 11.7 Å². The zero-order valence-corrected chi connectivity index (χ0v) is 16.6. The van der Waals surface area contributed by atoms with Gasteiger partial charge in [0.15, 0.2) is 11.0 Å². The molecule has 0 saturated carbocycles. The van der Waals surface area contributed by atoms with Gasteiger partial charge in [0, 0.05) is 6.54 Å². The summed E-state index contributed by atoms with van der Waals surface area (Å²) >= 11 is 1.28. The minimum absolute atomic E-state index is 0.121. The van der Waals surface area contributed by atoms with E-state index in [2.05, 4.69) is 22.1 Å². The summed E-state index contributed by atoms with van der Waals surface area (Å²) < 4.78 is 7.37. The van der Waals surface area contributed by atoms with E-state index >= 15 is 0 Å². The molecule has 3 rings (SSSR count). The molecule has 1 heterocycles. The molecule has 2 aromatic carbocycles. The Labute approximate surface area is 173 Å². The van der Waals surface area contributed by atoms with E-state index in [1.165, 1.54) is 11.8 Å². The average molecular weight is 410 g/mol. The fraction of sp³-hybridized carbons (Fsp3) is 0.190. The zero-order valence-electron chi connectivity index (χ0n) is 15.8. The van der Waals surface area contributed by atoms with Crippen molar-refractivity contribution in [1.29, 1.82) is 0 Å². The summed E-state index contributed by atoms with van der Waals surface area (Å²) in [5.41, 5.74) is 0.580. The first-order valence-corrected chi connectivity index (χ1v) is 10.1. The van der Waals surface area contributed by atoms with Gasteiger partial charge in [0.05, 0.1) is 17.9 Å². The second kappa shape index (κ2) is 10.3. The Morgan fingerprint density at radius 1 is 1.17 bits per heavy atom. The van der Waals surface area contributed by atoms with Crippen LogP contribution in [-0.2, 0) is 11.3 Å². The smallest absolute Gasteiger partial charge is 0.230 e. The minimum atomic E-state index is -0.121. The van der Waals surface area contributed by atoms with Crippen LogP contribution in [0.1, 0.15) is 0 Å². The zero-order chi connectivity index (χ0) is 20.5. The molecule has 0 aliphatic heterocycles. The predicted octanol–water partition coefficient (Wildman–Crippen LogP) is 3.12. The second-order valence-electron chi connectivity index (χ2n) is 6.02. The summed E-state index contributed by atoms with van der Waals surface area (Å²) in [5, 5.41) is 21.9. The molecule has 0 saturated heterocycles. The predicted molar refractivity (Wildman–Crippen MR) is 113 cm³/mol. The molecule has 0 aliphatic carbocycles. The molecular weight excluding hydrogens is 388 g/mol. The van der Waals surface area contributed by atoms with Crippen LogP contribution in [0.4, 0.5) is 0 Å². The van der Waals surface area contributed by atoms with E-state index in [1.54, 1.807) is 24.3 Å². The fourth-order valence-corrected chi connectivity index (χ4v) is 3.39. The standard InChI is InChI=1S/C21H22N4O3S/c1-2-13-25-20(17-10-6-7-11-18(17)26)23-24-21(25)29-15-19(27)22-12-14-28-16-8-4-3-5-9-16/h2-11,26H,1,12-15H2,(H,22,27). The van der Waals surface area contributed by atoms with Gasteiger partial charge in [-0.05, 0) is 24.3 Å². The van der Waals surface area contributed by atoms with E-state index in [4.69, 9.17) is 4.74 Å². The highest BCUT2D eigenvalue weighted by Crippen LogP contribution is 2.30. The molecule has 0 bridgehead atoms. The molecule has 1 amide bonds. The van der Waals surface area contributed by atoms with E-state index in [9.17, 15) is 9.90 Å². The molecule has 8 heteroatoms. The summed E-state index contributed by atoms with van der Waals surface area (Å²) in [6.07, 6.45) is 1.72. The Hall–Kier alpha value is -3.26. The first kappa shape index (κ1) is 20.5. The van der Waals surface area contributed by atoms with Crippen LogP contribution in [0.2, 0.25) is 0 Å². The summed E-state index contributed by atoms with van der Waals surface area (Å²) in [6, 6.07) is 16.4.